The Balaban J connectivity index is 1.47. The second-order valence-corrected chi connectivity index (χ2v) is 7.75. The fourth-order valence-electron chi connectivity index (χ4n) is 3.89. The third-order valence-corrected chi connectivity index (χ3v) is 5.64. The summed E-state index contributed by atoms with van der Waals surface area (Å²) in [5.41, 5.74) is 3.37. The number of para-hydroxylation sites is 3. The molecule has 0 aliphatic carbocycles. The Morgan fingerprint density at radius 3 is 2.38 bits per heavy atom. The number of aromatic nitrogens is 2. The molecule has 1 aromatic heterocycles. The van der Waals surface area contributed by atoms with Crippen molar-refractivity contribution < 1.29 is 14.6 Å². The summed E-state index contributed by atoms with van der Waals surface area (Å²) in [6.45, 7) is 5.81. The van der Waals surface area contributed by atoms with Crippen molar-refractivity contribution in [1.29, 1.82) is 0 Å². The molecule has 29 heavy (non-hydrogen) atoms. The van der Waals surface area contributed by atoms with Crippen LogP contribution >= 0.6 is 0 Å². The quantitative estimate of drug-likeness (QED) is 0.714. The van der Waals surface area contributed by atoms with E-state index in [1.165, 1.54) is 0 Å². The maximum atomic E-state index is 12.1. The van der Waals surface area contributed by atoms with E-state index in [1.54, 1.807) is 6.20 Å². The number of carboxylic acids is 1. The first-order chi connectivity index (χ1) is 14.0. The molecule has 0 unspecified atom stereocenters. The summed E-state index contributed by atoms with van der Waals surface area (Å²) in [6.07, 6.45) is 2.66. The number of carboxylic acid groups (broad SMARTS) is 1. The monoisotopic (exact) mass is 391 g/mol. The van der Waals surface area contributed by atoms with Crippen LogP contribution in [0.3, 0.4) is 0 Å². The molecule has 4 rings (SSSR count). The first-order valence-electron chi connectivity index (χ1n) is 9.88. The largest absolute Gasteiger partial charge is 0.478 e. The third kappa shape index (κ3) is 3.93. The van der Waals surface area contributed by atoms with Gasteiger partial charge in [-0.15, -0.1) is 0 Å². The standard InChI is InChI=1S/C23H25N3O3/c1-16-6-5-7-17(2)21(16)29-23(22(27)28)10-12-26(13-11-23)15-18-14-24-19-8-3-4-9-20(19)25-18/h3-9,14H,10-13,15H2,1-2H3,(H,27,28). The average molecular weight is 391 g/mol. The van der Waals surface area contributed by atoms with Crippen molar-refractivity contribution in [3.05, 3.63) is 65.5 Å². The molecule has 6 nitrogen and oxygen atoms in total. The predicted molar refractivity (Wildman–Crippen MR) is 111 cm³/mol. The average Bonchev–Trinajstić information content (AvgIpc) is 2.72. The lowest BCUT2D eigenvalue weighted by molar-refractivity contribution is -0.160. The first-order valence-corrected chi connectivity index (χ1v) is 9.88. The molecule has 6 heteroatoms. The van der Waals surface area contributed by atoms with Gasteiger partial charge in [-0.1, -0.05) is 30.3 Å². The van der Waals surface area contributed by atoms with Gasteiger partial charge in [0.15, 0.2) is 0 Å². The number of nitrogens with zero attached hydrogens (tertiary/aromatic N) is 3. The van der Waals surface area contributed by atoms with Crippen LogP contribution < -0.4 is 4.74 Å². The molecule has 0 spiro atoms. The van der Waals surface area contributed by atoms with Crippen LogP contribution in [0, 0.1) is 13.8 Å². The zero-order chi connectivity index (χ0) is 20.4. The number of aryl methyl sites for hydroxylation is 2. The highest BCUT2D eigenvalue weighted by Crippen LogP contribution is 2.33. The minimum absolute atomic E-state index is 0.428. The Bertz CT molecular complexity index is 1020. The lowest BCUT2D eigenvalue weighted by atomic mass is 9.90. The van der Waals surface area contributed by atoms with Crippen LogP contribution in [0.25, 0.3) is 11.0 Å². The molecule has 1 aliphatic heterocycles. The molecule has 1 fully saturated rings. The molecule has 2 heterocycles. The summed E-state index contributed by atoms with van der Waals surface area (Å²) >= 11 is 0. The summed E-state index contributed by atoms with van der Waals surface area (Å²) in [6, 6.07) is 13.7. The minimum atomic E-state index is -1.19. The van der Waals surface area contributed by atoms with Crippen LogP contribution in [0.5, 0.6) is 5.75 Å². The van der Waals surface area contributed by atoms with Gasteiger partial charge in [0.25, 0.3) is 0 Å². The highest BCUT2D eigenvalue weighted by molar-refractivity contribution is 5.78. The summed E-state index contributed by atoms with van der Waals surface area (Å²) in [5, 5.41) is 9.96. The second-order valence-electron chi connectivity index (χ2n) is 7.75. The molecule has 0 radical (unpaired) electrons. The van der Waals surface area contributed by atoms with Gasteiger partial charge in [0, 0.05) is 32.5 Å². The molecule has 0 saturated carbocycles. The Morgan fingerprint density at radius 2 is 1.72 bits per heavy atom. The normalized spacial score (nSPS) is 16.6. The third-order valence-electron chi connectivity index (χ3n) is 5.64. The van der Waals surface area contributed by atoms with Crippen molar-refractivity contribution in [2.45, 2.75) is 38.8 Å². The Morgan fingerprint density at radius 1 is 1.07 bits per heavy atom. The molecule has 1 N–H and O–H groups in total. The van der Waals surface area contributed by atoms with Gasteiger partial charge in [0.2, 0.25) is 5.60 Å². The van der Waals surface area contributed by atoms with Crippen molar-refractivity contribution in [1.82, 2.24) is 14.9 Å². The number of hydrogen-bond donors (Lipinski definition) is 1. The summed E-state index contributed by atoms with van der Waals surface area (Å²) < 4.78 is 6.17. The number of aliphatic carboxylic acids is 1. The molecule has 3 aromatic rings. The van der Waals surface area contributed by atoms with Crippen LogP contribution in [0.2, 0.25) is 0 Å². The second kappa shape index (κ2) is 7.79. The van der Waals surface area contributed by atoms with Gasteiger partial charge >= 0.3 is 5.97 Å². The molecular weight excluding hydrogens is 366 g/mol. The molecule has 150 valence electrons. The van der Waals surface area contributed by atoms with Gasteiger partial charge in [0.05, 0.1) is 22.9 Å². The van der Waals surface area contributed by atoms with Crippen LogP contribution in [0.4, 0.5) is 0 Å². The van der Waals surface area contributed by atoms with Crippen molar-refractivity contribution >= 4 is 17.0 Å². The number of fused-ring (bicyclic) bond motifs is 1. The molecule has 0 bridgehead atoms. The molecule has 1 saturated heterocycles. The van der Waals surface area contributed by atoms with Gasteiger partial charge < -0.3 is 9.84 Å². The van der Waals surface area contributed by atoms with Crippen LogP contribution in [-0.2, 0) is 11.3 Å². The topological polar surface area (TPSA) is 75.6 Å². The molecule has 2 aromatic carbocycles. The number of hydrogen-bond acceptors (Lipinski definition) is 5. The fraction of sp³-hybridized carbons (Fsp3) is 0.348. The van der Waals surface area contributed by atoms with E-state index in [1.807, 2.05) is 56.3 Å². The number of carbonyl (C=O) groups is 1. The number of likely N-dealkylation sites (tertiary alicyclic amines) is 1. The zero-order valence-corrected chi connectivity index (χ0v) is 16.8. The molecule has 0 amide bonds. The summed E-state index contributed by atoms with van der Waals surface area (Å²) in [7, 11) is 0. The zero-order valence-electron chi connectivity index (χ0n) is 16.8. The van der Waals surface area contributed by atoms with Crippen molar-refractivity contribution in [3.63, 3.8) is 0 Å². The SMILES string of the molecule is Cc1cccc(C)c1OC1(C(=O)O)CCN(Cc2cnc3ccccc3n2)CC1. The Hall–Kier alpha value is -2.99. The smallest absolute Gasteiger partial charge is 0.348 e. The van der Waals surface area contributed by atoms with Crippen LogP contribution in [-0.4, -0.2) is 44.6 Å². The Labute approximate surface area is 170 Å². The fourth-order valence-corrected chi connectivity index (χ4v) is 3.89. The lowest BCUT2D eigenvalue weighted by Gasteiger charge is -2.39. The van der Waals surface area contributed by atoms with E-state index in [-0.39, 0.29) is 0 Å². The van der Waals surface area contributed by atoms with Gasteiger partial charge in [-0.25, -0.2) is 9.78 Å². The highest BCUT2D eigenvalue weighted by Gasteiger charge is 2.44. The highest BCUT2D eigenvalue weighted by atomic mass is 16.5. The van der Waals surface area contributed by atoms with Crippen molar-refractivity contribution in [2.24, 2.45) is 0 Å². The van der Waals surface area contributed by atoms with E-state index >= 15 is 0 Å². The number of piperidine rings is 1. The first kappa shape index (κ1) is 19.3. The van der Waals surface area contributed by atoms with Crippen molar-refractivity contribution in [3.8, 4) is 5.75 Å². The maximum absolute atomic E-state index is 12.1. The van der Waals surface area contributed by atoms with E-state index in [4.69, 9.17) is 4.74 Å². The van der Waals surface area contributed by atoms with Gasteiger partial charge in [-0.3, -0.25) is 9.88 Å². The number of rotatable bonds is 5. The molecular formula is C23H25N3O3. The number of ether oxygens (including phenoxy) is 1. The minimum Gasteiger partial charge on any atom is -0.478 e. The summed E-state index contributed by atoms with van der Waals surface area (Å²) in [4.78, 5) is 23.5. The molecule has 0 atom stereocenters. The predicted octanol–water partition coefficient (Wildman–Crippen LogP) is 3.74. The van der Waals surface area contributed by atoms with E-state index in [2.05, 4.69) is 14.9 Å². The van der Waals surface area contributed by atoms with Gasteiger partial charge in [-0.05, 0) is 37.1 Å². The maximum Gasteiger partial charge on any atom is 0.348 e. The van der Waals surface area contributed by atoms with Gasteiger partial charge in [-0.2, -0.15) is 0 Å². The number of benzene rings is 2. The Kier molecular flexibility index (Phi) is 5.20. The van der Waals surface area contributed by atoms with E-state index in [0.29, 0.717) is 38.2 Å². The summed E-state index contributed by atoms with van der Waals surface area (Å²) in [5.74, 6) is -0.214. The van der Waals surface area contributed by atoms with Crippen LogP contribution in [0.15, 0.2) is 48.7 Å². The van der Waals surface area contributed by atoms with Crippen LogP contribution in [0.1, 0.15) is 29.7 Å². The lowest BCUT2D eigenvalue weighted by Crippen LogP contribution is -2.53. The van der Waals surface area contributed by atoms with E-state index in [0.717, 1.165) is 27.9 Å². The van der Waals surface area contributed by atoms with E-state index in [9.17, 15) is 9.90 Å². The van der Waals surface area contributed by atoms with E-state index < -0.39 is 11.6 Å². The van der Waals surface area contributed by atoms with Crippen molar-refractivity contribution in [2.75, 3.05) is 13.1 Å². The molecule has 1 aliphatic rings. The van der Waals surface area contributed by atoms with Gasteiger partial charge in [0.1, 0.15) is 5.75 Å².